The van der Waals surface area contributed by atoms with Gasteiger partial charge >= 0.3 is 5.69 Å². The van der Waals surface area contributed by atoms with Crippen molar-refractivity contribution in [3.8, 4) is 5.69 Å². The maximum atomic E-state index is 14.9. The van der Waals surface area contributed by atoms with E-state index in [1.54, 1.807) is 70.1 Å². The molecule has 228 valence electrons. The molecule has 0 spiro atoms. The summed E-state index contributed by atoms with van der Waals surface area (Å²) in [6.45, 7) is 9.09. The van der Waals surface area contributed by atoms with Crippen molar-refractivity contribution < 1.29 is 9.18 Å². The molecule has 1 atom stereocenters. The number of amides is 1. The number of halogens is 1. The smallest absolute Gasteiger partial charge is 0.336 e. The summed E-state index contributed by atoms with van der Waals surface area (Å²) in [5.41, 5.74) is 0.346. The van der Waals surface area contributed by atoms with Gasteiger partial charge in [0.1, 0.15) is 17.0 Å². The summed E-state index contributed by atoms with van der Waals surface area (Å²) in [7, 11) is 5.09. The van der Waals surface area contributed by atoms with Crippen molar-refractivity contribution >= 4 is 34.0 Å². The molecule has 1 aliphatic carbocycles. The standard InChI is InChI=1S/C30H33FN6O4.C2H6/c1-16-10-13-23(22(31)14-16)33-26-24-25(17(2)28(39)35(26)6)36(30(41)37(29(24)40)20-11-12-20)21-9-7-8-19(15-21)32-27(38)18(3)34(4)5;1-2/h7-10,13-15,18,20,33H,11-12H2,1-6H3,(H,32,38);1-2H3/t18-;/m0./s1. The number of aryl methyl sites for hydroxylation is 2. The number of hydrogen-bond acceptors (Lipinski definition) is 6. The summed E-state index contributed by atoms with van der Waals surface area (Å²) in [5.74, 6) is -0.697. The minimum Gasteiger partial charge on any atom is -0.338 e. The normalized spacial score (nSPS) is 13.4. The van der Waals surface area contributed by atoms with E-state index in [1.165, 1.54) is 32.9 Å². The fraction of sp³-hybridized carbons (Fsp3) is 0.375. The second-order valence-electron chi connectivity index (χ2n) is 10.9. The number of hydrogen-bond donors (Lipinski definition) is 2. The van der Waals surface area contributed by atoms with E-state index in [2.05, 4.69) is 10.6 Å². The molecule has 2 N–H and O–H groups in total. The Morgan fingerprint density at radius 1 is 1.02 bits per heavy atom. The third-order valence-electron chi connectivity index (χ3n) is 7.66. The lowest BCUT2D eigenvalue weighted by molar-refractivity contribution is -0.119. The van der Waals surface area contributed by atoms with Gasteiger partial charge in [0.25, 0.3) is 11.1 Å². The highest BCUT2D eigenvalue weighted by atomic mass is 19.1. The number of rotatable bonds is 7. The van der Waals surface area contributed by atoms with Crippen LogP contribution >= 0.6 is 0 Å². The fourth-order valence-corrected chi connectivity index (χ4v) is 4.91. The second kappa shape index (κ2) is 12.4. The highest BCUT2D eigenvalue weighted by Gasteiger charge is 2.31. The maximum absolute atomic E-state index is 14.9. The van der Waals surface area contributed by atoms with E-state index in [0.717, 1.165) is 0 Å². The third kappa shape index (κ3) is 5.90. The van der Waals surface area contributed by atoms with Crippen LogP contribution in [0.2, 0.25) is 0 Å². The van der Waals surface area contributed by atoms with E-state index in [1.807, 2.05) is 13.8 Å². The summed E-state index contributed by atoms with van der Waals surface area (Å²) >= 11 is 0. The third-order valence-corrected chi connectivity index (χ3v) is 7.66. The summed E-state index contributed by atoms with van der Waals surface area (Å²) in [5, 5.41) is 5.92. The summed E-state index contributed by atoms with van der Waals surface area (Å²) in [4.78, 5) is 55.9. The molecule has 2 aromatic heterocycles. The first-order chi connectivity index (χ1) is 20.4. The zero-order chi connectivity index (χ0) is 31.7. The number of aromatic nitrogens is 3. The zero-order valence-electron chi connectivity index (χ0n) is 25.9. The van der Waals surface area contributed by atoms with E-state index in [0.29, 0.717) is 29.8 Å². The molecule has 0 aliphatic heterocycles. The quantitative estimate of drug-likeness (QED) is 0.326. The van der Waals surface area contributed by atoms with Gasteiger partial charge in [-0.05, 0) is 83.6 Å². The van der Waals surface area contributed by atoms with Crippen molar-refractivity contribution in [3.05, 3.63) is 90.6 Å². The van der Waals surface area contributed by atoms with E-state index in [9.17, 15) is 23.6 Å². The highest BCUT2D eigenvalue weighted by Crippen LogP contribution is 2.34. The van der Waals surface area contributed by atoms with Crippen molar-refractivity contribution in [1.82, 2.24) is 18.6 Å². The second-order valence-corrected chi connectivity index (χ2v) is 10.9. The highest BCUT2D eigenvalue weighted by molar-refractivity contribution is 5.96. The minimum atomic E-state index is -0.584. The van der Waals surface area contributed by atoms with E-state index < -0.39 is 28.7 Å². The van der Waals surface area contributed by atoms with Gasteiger partial charge in [0.05, 0.1) is 22.9 Å². The van der Waals surface area contributed by atoms with Crippen molar-refractivity contribution in [2.24, 2.45) is 7.05 Å². The zero-order valence-corrected chi connectivity index (χ0v) is 25.9. The van der Waals surface area contributed by atoms with Gasteiger partial charge in [-0.2, -0.15) is 0 Å². The molecule has 2 aromatic carbocycles. The molecule has 5 rings (SSSR count). The predicted octanol–water partition coefficient (Wildman–Crippen LogP) is 4.60. The first-order valence-corrected chi connectivity index (χ1v) is 14.4. The van der Waals surface area contributed by atoms with Gasteiger partial charge in [0, 0.05) is 24.3 Å². The van der Waals surface area contributed by atoms with Crippen LogP contribution in [0.3, 0.4) is 0 Å². The van der Waals surface area contributed by atoms with E-state index in [4.69, 9.17) is 0 Å². The molecular formula is C32H39FN6O4. The summed E-state index contributed by atoms with van der Waals surface area (Å²) < 4.78 is 18.7. The average Bonchev–Trinajstić information content (AvgIpc) is 3.81. The van der Waals surface area contributed by atoms with Crippen LogP contribution in [0.15, 0.2) is 56.8 Å². The lowest BCUT2D eigenvalue weighted by Crippen LogP contribution is -2.41. The van der Waals surface area contributed by atoms with Gasteiger partial charge in [0.15, 0.2) is 0 Å². The number of carbonyl (C=O) groups is 1. The Kier molecular flexibility index (Phi) is 9.05. The number of nitrogens with zero attached hydrogens (tertiary/aromatic N) is 4. The molecule has 10 nitrogen and oxygen atoms in total. The number of likely N-dealkylation sites (N-methyl/N-ethyl adjacent to an activating group) is 1. The van der Waals surface area contributed by atoms with E-state index in [-0.39, 0.29) is 39.9 Å². The van der Waals surface area contributed by atoms with Gasteiger partial charge < -0.3 is 10.6 Å². The minimum absolute atomic E-state index is 0.0794. The van der Waals surface area contributed by atoms with Crippen LogP contribution in [0.4, 0.5) is 21.6 Å². The molecular weight excluding hydrogens is 551 g/mol. The van der Waals surface area contributed by atoms with Gasteiger partial charge in [-0.3, -0.25) is 33.0 Å². The maximum Gasteiger partial charge on any atom is 0.336 e. The molecule has 1 saturated carbocycles. The lowest BCUT2D eigenvalue weighted by Gasteiger charge is -2.21. The molecule has 4 aromatic rings. The number of pyridine rings is 1. The molecule has 0 radical (unpaired) electrons. The van der Waals surface area contributed by atoms with Crippen LogP contribution in [0.5, 0.6) is 0 Å². The molecule has 43 heavy (non-hydrogen) atoms. The first-order valence-electron chi connectivity index (χ1n) is 14.4. The van der Waals surface area contributed by atoms with Crippen LogP contribution in [0, 0.1) is 19.7 Å². The Morgan fingerprint density at radius 2 is 1.70 bits per heavy atom. The van der Waals surface area contributed by atoms with E-state index >= 15 is 0 Å². The van der Waals surface area contributed by atoms with Gasteiger partial charge in [-0.15, -0.1) is 0 Å². The molecule has 1 aliphatic rings. The Hall–Kier alpha value is -4.51. The van der Waals surface area contributed by atoms with Crippen molar-refractivity contribution in [2.75, 3.05) is 24.7 Å². The molecule has 2 heterocycles. The largest absolute Gasteiger partial charge is 0.338 e. The first kappa shape index (κ1) is 31.4. The van der Waals surface area contributed by atoms with Crippen molar-refractivity contribution in [1.29, 1.82) is 0 Å². The molecule has 0 saturated heterocycles. The van der Waals surface area contributed by atoms with Crippen LogP contribution in [-0.2, 0) is 11.8 Å². The number of nitrogens with one attached hydrogen (secondary N) is 2. The van der Waals surface area contributed by atoms with Crippen LogP contribution in [-0.4, -0.2) is 44.6 Å². The average molecular weight is 591 g/mol. The SMILES string of the molecule is CC.Cc1ccc(Nc2c3c(=O)n(C4CC4)c(=O)n(-c4cccc(NC(=O)[C@H](C)N(C)C)c4)c3c(C)c(=O)n2C)c(F)c1. The number of benzene rings is 2. The Balaban J connectivity index is 0.00000207. The summed E-state index contributed by atoms with van der Waals surface area (Å²) in [6.07, 6.45) is 1.33. The molecule has 0 unspecified atom stereocenters. The fourth-order valence-electron chi connectivity index (χ4n) is 4.91. The molecule has 1 fully saturated rings. The van der Waals surface area contributed by atoms with Gasteiger partial charge in [-0.1, -0.05) is 26.0 Å². The van der Waals surface area contributed by atoms with Crippen LogP contribution in [0.25, 0.3) is 16.6 Å². The monoisotopic (exact) mass is 590 g/mol. The van der Waals surface area contributed by atoms with Gasteiger partial charge in [0.2, 0.25) is 5.91 Å². The van der Waals surface area contributed by atoms with Crippen molar-refractivity contribution in [3.63, 3.8) is 0 Å². The Labute approximate surface area is 249 Å². The number of fused-ring (bicyclic) bond motifs is 1. The number of carbonyl (C=O) groups excluding carboxylic acids is 1. The molecule has 0 bridgehead atoms. The summed E-state index contributed by atoms with van der Waals surface area (Å²) in [6, 6.07) is 10.6. The topological polar surface area (TPSA) is 110 Å². The Bertz CT molecular complexity index is 1880. The van der Waals surface area contributed by atoms with Crippen LogP contribution < -0.4 is 27.4 Å². The molecule has 1 amide bonds. The predicted molar refractivity (Wildman–Crippen MR) is 170 cm³/mol. The van der Waals surface area contributed by atoms with Crippen molar-refractivity contribution in [2.45, 2.75) is 59.5 Å². The van der Waals surface area contributed by atoms with Gasteiger partial charge in [-0.25, -0.2) is 9.18 Å². The lowest BCUT2D eigenvalue weighted by atomic mass is 10.1. The van der Waals surface area contributed by atoms with Crippen LogP contribution in [0.1, 0.15) is 50.8 Å². The number of anilines is 3. The Morgan fingerprint density at radius 3 is 2.30 bits per heavy atom. The molecule has 11 heteroatoms.